The minimum atomic E-state index is -0.540. The Hall–Kier alpha value is -2.61. The van der Waals surface area contributed by atoms with Gasteiger partial charge in [-0.15, -0.1) is 0 Å². The van der Waals surface area contributed by atoms with Crippen LogP contribution in [0.1, 0.15) is 38.7 Å². The van der Waals surface area contributed by atoms with Crippen LogP contribution in [-0.4, -0.2) is 21.2 Å². The second kappa shape index (κ2) is 9.91. The highest BCUT2D eigenvalue weighted by Gasteiger charge is 2.22. The van der Waals surface area contributed by atoms with Crippen LogP contribution < -0.4 is 27.2 Å². The number of H-pyrrole nitrogens is 1. The minimum Gasteiger partial charge on any atom is -0.383 e. The fraction of sp³-hybridized carbons (Fsp3) is 0.421. The number of aromatic amines is 1. The summed E-state index contributed by atoms with van der Waals surface area (Å²) in [5, 5.41) is 3.55. The van der Waals surface area contributed by atoms with Gasteiger partial charge in [-0.1, -0.05) is 50.6 Å². The monoisotopic (exact) mass is 389 g/mol. The number of nitrogens with zero attached hydrogens (tertiary/aromatic N) is 2. The molecule has 0 aliphatic heterocycles. The van der Waals surface area contributed by atoms with E-state index in [9.17, 15) is 9.59 Å². The summed E-state index contributed by atoms with van der Waals surface area (Å²) in [5.74, 6) is 0.133. The third-order valence-electron chi connectivity index (χ3n) is 4.17. The van der Waals surface area contributed by atoms with Gasteiger partial charge in [-0.3, -0.25) is 14.3 Å². The molecule has 0 radical (unpaired) electrons. The van der Waals surface area contributed by atoms with Gasteiger partial charge >= 0.3 is 5.69 Å². The van der Waals surface area contributed by atoms with E-state index in [-0.39, 0.29) is 11.5 Å². The maximum absolute atomic E-state index is 12.6. The van der Waals surface area contributed by atoms with Crippen LogP contribution in [0.25, 0.3) is 0 Å². The lowest BCUT2D eigenvalue weighted by Crippen LogP contribution is -2.45. The number of anilines is 2. The molecule has 27 heavy (non-hydrogen) atoms. The summed E-state index contributed by atoms with van der Waals surface area (Å²) in [6, 6.07) is 9.67. The number of hydrogen-bond donors (Lipinski definition) is 3. The van der Waals surface area contributed by atoms with Crippen LogP contribution in [0.3, 0.4) is 0 Å². The molecule has 0 unspecified atom stereocenters. The molecule has 2 rings (SSSR count). The molecule has 0 spiro atoms. The van der Waals surface area contributed by atoms with Crippen molar-refractivity contribution in [3.63, 3.8) is 0 Å². The summed E-state index contributed by atoms with van der Waals surface area (Å²) in [7, 11) is 0. The minimum absolute atomic E-state index is 0.133. The van der Waals surface area contributed by atoms with Crippen LogP contribution in [-0.2, 0) is 13.1 Å². The third-order valence-corrected chi connectivity index (χ3v) is 4.54. The second-order valence-corrected chi connectivity index (χ2v) is 6.69. The summed E-state index contributed by atoms with van der Waals surface area (Å²) in [6.45, 7) is 5.55. The molecule has 7 nitrogen and oxygen atoms in total. The van der Waals surface area contributed by atoms with Gasteiger partial charge in [0, 0.05) is 13.1 Å². The zero-order valence-electron chi connectivity index (χ0n) is 15.8. The van der Waals surface area contributed by atoms with Crippen molar-refractivity contribution in [3.05, 3.63) is 56.7 Å². The number of unbranched alkanes of at least 4 members (excludes halogenated alkanes) is 1. The summed E-state index contributed by atoms with van der Waals surface area (Å²) in [5.41, 5.74) is 6.39. The zero-order chi connectivity index (χ0) is 19.8. The normalized spacial score (nSPS) is 10.6. The highest BCUT2D eigenvalue weighted by molar-refractivity contribution is 7.80. The standard InChI is InChI=1S/C19H27N5O2S/c1-3-5-12-23-16(20)15(17(25)22-18(23)26)24(19(27)21-11-4-2)13-14-9-7-6-8-10-14/h6-10H,3-5,11-13,20H2,1-2H3,(H,21,27)(H,22,25,26). The number of aromatic nitrogens is 2. The van der Waals surface area contributed by atoms with E-state index in [0.717, 1.165) is 24.8 Å². The van der Waals surface area contributed by atoms with Gasteiger partial charge in [0.15, 0.2) is 10.8 Å². The average Bonchev–Trinajstić information content (AvgIpc) is 2.65. The molecule has 4 N–H and O–H groups in total. The van der Waals surface area contributed by atoms with Crippen LogP contribution in [0.15, 0.2) is 39.9 Å². The van der Waals surface area contributed by atoms with Gasteiger partial charge in [-0.25, -0.2) is 4.79 Å². The van der Waals surface area contributed by atoms with E-state index in [4.69, 9.17) is 18.0 Å². The first-order chi connectivity index (χ1) is 13.0. The zero-order valence-corrected chi connectivity index (χ0v) is 16.6. The first-order valence-corrected chi connectivity index (χ1v) is 9.62. The molecule has 146 valence electrons. The number of hydrogen-bond acceptors (Lipinski definition) is 4. The summed E-state index contributed by atoms with van der Waals surface area (Å²) >= 11 is 5.52. The molecule has 1 aromatic heterocycles. The third kappa shape index (κ3) is 5.19. The Morgan fingerprint density at radius 3 is 2.56 bits per heavy atom. The van der Waals surface area contributed by atoms with E-state index in [2.05, 4.69) is 10.3 Å². The molecule has 1 heterocycles. The molecule has 1 aromatic carbocycles. The van der Waals surface area contributed by atoms with Crippen LogP contribution in [0.2, 0.25) is 0 Å². The molecule has 0 atom stereocenters. The van der Waals surface area contributed by atoms with Crippen LogP contribution in [0.4, 0.5) is 11.5 Å². The molecule has 0 aliphatic carbocycles. The largest absolute Gasteiger partial charge is 0.383 e. The lowest BCUT2D eigenvalue weighted by molar-refractivity contribution is 0.604. The van der Waals surface area contributed by atoms with Crippen molar-refractivity contribution in [1.82, 2.24) is 14.9 Å². The fourth-order valence-corrected chi connectivity index (χ4v) is 2.98. The molecule has 0 saturated heterocycles. The van der Waals surface area contributed by atoms with Crippen molar-refractivity contribution in [1.29, 1.82) is 0 Å². The SMILES string of the molecule is CCCCn1c(N)c(N(Cc2ccccc2)C(=S)NCCC)c(=O)[nH]c1=O. The van der Waals surface area contributed by atoms with E-state index >= 15 is 0 Å². The predicted molar refractivity (Wildman–Crippen MR) is 114 cm³/mol. The van der Waals surface area contributed by atoms with E-state index in [1.165, 1.54) is 4.57 Å². The highest BCUT2D eigenvalue weighted by Crippen LogP contribution is 2.20. The fourth-order valence-electron chi connectivity index (χ4n) is 2.72. The molecule has 0 fully saturated rings. The molecular formula is C19H27N5O2S. The topological polar surface area (TPSA) is 96.2 Å². The summed E-state index contributed by atoms with van der Waals surface area (Å²) < 4.78 is 1.40. The maximum Gasteiger partial charge on any atom is 0.330 e. The van der Waals surface area contributed by atoms with Crippen molar-refractivity contribution in [2.75, 3.05) is 17.2 Å². The first kappa shape index (κ1) is 20.7. The van der Waals surface area contributed by atoms with Gasteiger partial charge in [0.05, 0.1) is 6.54 Å². The number of nitrogen functional groups attached to an aromatic ring is 1. The number of nitrogens with one attached hydrogen (secondary N) is 2. The van der Waals surface area contributed by atoms with Gasteiger partial charge in [0.1, 0.15) is 5.82 Å². The lowest BCUT2D eigenvalue weighted by atomic mass is 10.2. The molecule has 0 saturated carbocycles. The van der Waals surface area contributed by atoms with E-state index in [1.807, 2.05) is 44.2 Å². The number of benzene rings is 1. The van der Waals surface area contributed by atoms with Crippen LogP contribution >= 0.6 is 12.2 Å². The number of nitrogens with two attached hydrogens (primary N) is 1. The van der Waals surface area contributed by atoms with Crippen molar-refractivity contribution in [2.45, 2.75) is 46.2 Å². The molecule has 2 aromatic rings. The Kier molecular flexibility index (Phi) is 7.60. The van der Waals surface area contributed by atoms with Crippen LogP contribution in [0, 0.1) is 0 Å². The van der Waals surface area contributed by atoms with Gasteiger partial charge in [0.2, 0.25) is 0 Å². The average molecular weight is 390 g/mol. The predicted octanol–water partition coefficient (Wildman–Crippen LogP) is 2.21. The highest BCUT2D eigenvalue weighted by atomic mass is 32.1. The maximum atomic E-state index is 12.6. The van der Waals surface area contributed by atoms with Gasteiger partial charge in [0.25, 0.3) is 5.56 Å². The Bertz CT molecular complexity index is 876. The molecule has 0 bridgehead atoms. The lowest BCUT2D eigenvalue weighted by Gasteiger charge is -2.27. The second-order valence-electron chi connectivity index (χ2n) is 6.30. The smallest absolute Gasteiger partial charge is 0.330 e. The quantitative estimate of drug-likeness (QED) is 0.599. The molecule has 0 aliphatic rings. The van der Waals surface area contributed by atoms with Gasteiger partial charge < -0.3 is 16.0 Å². The number of thiocarbonyl (C=S) groups is 1. The van der Waals surface area contributed by atoms with Crippen molar-refractivity contribution < 1.29 is 0 Å². The Labute approximate surface area is 164 Å². The Balaban J connectivity index is 2.52. The molecular weight excluding hydrogens is 362 g/mol. The number of rotatable bonds is 8. The van der Waals surface area contributed by atoms with Crippen LogP contribution in [0.5, 0.6) is 0 Å². The van der Waals surface area contributed by atoms with Crippen molar-refractivity contribution in [2.24, 2.45) is 0 Å². The van der Waals surface area contributed by atoms with Gasteiger partial charge in [-0.2, -0.15) is 0 Å². The summed E-state index contributed by atoms with van der Waals surface area (Å²) in [6.07, 6.45) is 2.58. The van der Waals surface area contributed by atoms with Crippen molar-refractivity contribution >= 4 is 28.8 Å². The van der Waals surface area contributed by atoms with E-state index < -0.39 is 11.2 Å². The Morgan fingerprint density at radius 1 is 1.22 bits per heavy atom. The molecule has 8 heteroatoms. The van der Waals surface area contributed by atoms with E-state index in [1.54, 1.807) is 4.90 Å². The Morgan fingerprint density at radius 2 is 1.93 bits per heavy atom. The van der Waals surface area contributed by atoms with Crippen molar-refractivity contribution in [3.8, 4) is 0 Å². The van der Waals surface area contributed by atoms with E-state index in [0.29, 0.717) is 24.7 Å². The first-order valence-electron chi connectivity index (χ1n) is 9.21. The summed E-state index contributed by atoms with van der Waals surface area (Å²) in [4.78, 5) is 28.9. The molecule has 0 amide bonds. The van der Waals surface area contributed by atoms with Gasteiger partial charge in [-0.05, 0) is 30.6 Å².